The van der Waals surface area contributed by atoms with Gasteiger partial charge in [-0.1, -0.05) is 0 Å². The fraction of sp³-hybridized carbons (Fsp3) is 0.286. The maximum absolute atomic E-state index is 10.2. The van der Waals surface area contributed by atoms with Crippen LogP contribution >= 0.6 is 0 Å². The van der Waals surface area contributed by atoms with Crippen molar-refractivity contribution in [1.82, 2.24) is 0 Å². The molecule has 0 saturated carbocycles. The average molecular weight is 171 g/mol. The molecule has 0 spiro atoms. The van der Waals surface area contributed by atoms with Gasteiger partial charge in [-0.05, 0) is 13.0 Å². The van der Waals surface area contributed by atoms with Gasteiger partial charge in [0.1, 0.15) is 0 Å². The predicted molar refractivity (Wildman–Crippen MR) is 42.1 cm³/mol. The number of carboxylic acids is 1. The lowest BCUT2D eigenvalue weighted by Gasteiger charge is -1.88. The number of hydrogen-bond acceptors (Lipinski definition) is 3. The maximum Gasteiger partial charge on any atom is 0.331 e. The molecule has 0 radical (unpaired) electrons. The van der Waals surface area contributed by atoms with Crippen LogP contribution in [-0.2, 0) is 4.79 Å². The van der Waals surface area contributed by atoms with Crippen molar-refractivity contribution < 1.29 is 14.8 Å². The molecule has 0 bridgehead atoms. The lowest BCUT2D eigenvalue weighted by Crippen LogP contribution is -1.96. The van der Waals surface area contributed by atoms with Crippen molar-refractivity contribution in [2.45, 2.75) is 13.8 Å². The fourth-order valence-electron chi connectivity index (χ4n) is 0.378. The van der Waals surface area contributed by atoms with Crippen LogP contribution in [0, 0.1) is 10.1 Å². The van der Waals surface area contributed by atoms with Gasteiger partial charge in [0.15, 0.2) is 0 Å². The summed E-state index contributed by atoms with van der Waals surface area (Å²) in [5.41, 5.74) is -0.0215. The lowest BCUT2D eigenvalue weighted by atomic mass is 10.2. The van der Waals surface area contributed by atoms with Crippen molar-refractivity contribution in [3.63, 3.8) is 0 Å². The van der Waals surface area contributed by atoms with Crippen LogP contribution in [0.2, 0.25) is 0 Å². The van der Waals surface area contributed by atoms with E-state index in [2.05, 4.69) is 0 Å². The standard InChI is InChI=1S/C7H9NO4/c1-5(7(9)10)3-4-6(2)8(11)12/h3-4H,1-2H3,(H,9,10)/b5-3+,6-4+. The van der Waals surface area contributed by atoms with Gasteiger partial charge >= 0.3 is 5.97 Å². The molecule has 0 saturated heterocycles. The zero-order chi connectivity index (χ0) is 9.72. The molecule has 0 aliphatic rings. The fourth-order valence-corrected chi connectivity index (χ4v) is 0.378. The molecular weight excluding hydrogens is 162 g/mol. The average Bonchev–Trinajstić information content (AvgIpc) is 1.98. The molecule has 5 heteroatoms. The van der Waals surface area contributed by atoms with E-state index in [0.29, 0.717) is 0 Å². The third kappa shape index (κ3) is 3.50. The normalized spacial score (nSPS) is 12.8. The molecule has 0 aromatic carbocycles. The van der Waals surface area contributed by atoms with Crippen molar-refractivity contribution in [3.05, 3.63) is 33.5 Å². The number of carboxylic acid groups (broad SMARTS) is 1. The van der Waals surface area contributed by atoms with E-state index in [1.54, 1.807) is 0 Å². The van der Waals surface area contributed by atoms with E-state index in [1.807, 2.05) is 0 Å². The van der Waals surface area contributed by atoms with Crippen LogP contribution in [-0.4, -0.2) is 16.0 Å². The van der Waals surface area contributed by atoms with Crippen LogP contribution in [0.5, 0.6) is 0 Å². The van der Waals surface area contributed by atoms with Crippen LogP contribution < -0.4 is 0 Å². The molecule has 5 nitrogen and oxygen atoms in total. The number of carbonyl (C=O) groups is 1. The van der Waals surface area contributed by atoms with Gasteiger partial charge in [-0.15, -0.1) is 0 Å². The van der Waals surface area contributed by atoms with E-state index in [1.165, 1.54) is 19.9 Å². The van der Waals surface area contributed by atoms with Crippen molar-refractivity contribution in [2.24, 2.45) is 0 Å². The van der Waals surface area contributed by atoms with E-state index in [4.69, 9.17) is 5.11 Å². The lowest BCUT2D eigenvalue weighted by molar-refractivity contribution is -0.424. The molecule has 0 heterocycles. The van der Waals surface area contributed by atoms with Gasteiger partial charge in [-0.3, -0.25) is 10.1 Å². The van der Waals surface area contributed by atoms with Gasteiger partial charge in [0.25, 0.3) is 0 Å². The van der Waals surface area contributed by atoms with E-state index in [-0.39, 0.29) is 11.3 Å². The van der Waals surface area contributed by atoms with Crippen molar-refractivity contribution in [1.29, 1.82) is 0 Å². The summed E-state index contributed by atoms with van der Waals surface area (Å²) in [5.74, 6) is -1.08. The summed E-state index contributed by atoms with van der Waals surface area (Å²) < 4.78 is 0. The van der Waals surface area contributed by atoms with Gasteiger partial charge in [-0.2, -0.15) is 0 Å². The Hall–Kier alpha value is -1.65. The molecule has 0 fully saturated rings. The summed E-state index contributed by atoms with van der Waals surface area (Å²) in [7, 11) is 0. The second kappa shape index (κ2) is 4.27. The van der Waals surface area contributed by atoms with Crippen molar-refractivity contribution >= 4 is 5.97 Å². The third-order valence-corrected chi connectivity index (χ3v) is 1.20. The van der Waals surface area contributed by atoms with Gasteiger partial charge < -0.3 is 5.11 Å². The molecule has 12 heavy (non-hydrogen) atoms. The van der Waals surface area contributed by atoms with Gasteiger partial charge in [-0.25, -0.2) is 4.79 Å². The Morgan fingerprint density at radius 3 is 2.25 bits per heavy atom. The summed E-state index contributed by atoms with van der Waals surface area (Å²) in [6.07, 6.45) is 2.35. The second-order valence-electron chi connectivity index (χ2n) is 2.22. The number of nitro groups is 1. The molecule has 0 rings (SSSR count). The summed E-state index contributed by atoms with van der Waals surface area (Å²) in [6, 6.07) is 0. The minimum absolute atomic E-state index is 0.0659. The highest BCUT2D eigenvalue weighted by molar-refractivity contribution is 5.86. The first-order valence-electron chi connectivity index (χ1n) is 3.18. The molecule has 0 aromatic rings. The highest BCUT2D eigenvalue weighted by Crippen LogP contribution is 1.97. The Bertz CT molecular complexity index is 237. The highest BCUT2D eigenvalue weighted by Gasteiger charge is 2.01. The number of hydrogen-bond donors (Lipinski definition) is 1. The third-order valence-electron chi connectivity index (χ3n) is 1.20. The summed E-state index contributed by atoms with van der Waals surface area (Å²) >= 11 is 0. The minimum Gasteiger partial charge on any atom is -0.478 e. The zero-order valence-corrected chi connectivity index (χ0v) is 6.77. The Morgan fingerprint density at radius 2 is 1.92 bits per heavy atom. The first-order chi connectivity index (χ1) is 5.45. The van der Waals surface area contributed by atoms with Crippen LogP contribution in [0.25, 0.3) is 0 Å². The topological polar surface area (TPSA) is 80.4 Å². The van der Waals surface area contributed by atoms with Crippen LogP contribution in [0.4, 0.5) is 0 Å². The molecule has 0 unspecified atom stereocenters. The predicted octanol–water partition coefficient (Wildman–Crippen LogP) is 1.20. The van der Waals surface area contributed by atoms with Gasteiger partial charge in [0.05, 0.1) is 4.92 Å². The molecule has 0 atom stereocenters. The molecule has 0 aromatic heterocycles. The number of allylic oxidation sites excluding steroid dienone is 3. The second-order valence-corrected chi connectivity index (χ2v) is 2.22. The van der Waals surface area contributed by atoms with Crippen LogP contribution in [0.15, 0.2) is 23.4 Å². The monoisotopic (exact) mass is 171 g/mol. The molecule has 0 amide bonds. The Morgan fingerprint density at radius 1 is 1.42 bits per heavy atom. The zero-order valence-electron chi connectivity index (χ0n) is 6.77. The molecule has 0 aliphatic heterocycles. The Labute approximate surface area is 69.2 Å². The quantitative estimate of drug-likeness (QED) is 0.299. The minimum atomic E-state index is -1.08. The SMILES string of the molecule is C/C(=C\C=C(/C)[N+](=O)[O-])C(=O)O. The van der Waals surface area contributed by atoms with Crippen LogP contribution in [0.3, 0.4) is 0 Å². The Balaban J connectivity index is 4.48. The first-order valence-corrected chi connectivity index (χ1v) is 3.18. The maximum atomic E-state index is 10.2. The largest absolute Gasteiger partial charge is 0.478 e. The van der Waals surface area contributed by atoms with Gasteiger partial charge in [0, 0.05) is 18.6 Å². The van der Waals surface area contributed by atoms with Crippen molar-refractivity contribution in [3.8, 4) is 0 Å². The van der Waals surface area contributed by atoms with Crippen molar-refractivity contribution in [2.75, 3.05) is 0 Å². The number of aliphatic carboxylic acids is 1. The van der Waals surface area contributed by atoms with Crippen LogP contribution in [0.1, 0.15) is 13.8 Å². The van der Waals surface area contributed by atoms with Gasteiger partial charge in [0.2, 0.25) is 5.70 Å². The first kappa shape index (κ1) is 10.3. The number of nitrogens with zero attached hydrogens (tertiary/aromatic N) is 1. The molecule has 0 aliphatic carbocycles. The van der Waals surface area contributed by atoms with E-state index >= 15 is 0 Å². The number of rotatable bonds is 3. The summed E-state index contributed by atoms with van der Waals surface area (Å²) in [4.78, 5) is 19.7. The van der Waals surface area contributed by atoms with E-state index in [0.717, 1.165) is 6.08 Å². The smallest absolute Gasteiger partial charge is 0.331 e. The molecule has 66 valence electrons. The Kier molecular flexibility index (Phi) is 3.69. The van der Waals surface area contributed by atoms with E-state index < -0.39 is 10.9 Å². The van der Waals surface area contributed by atoms with E-state index in [9.17, 15) is 14.9 Å². The molecular formula is C7H9NO4. The highest BCUT2D eigenvalue weighted by atomic mass is 16.6. The summed E-state index contributed by atoms with van der Waals surface area (Å²) in [5, 5.41) is 18.4. The molecule has 1 N–H and O–H groups in total. The summed E-state index contributed by atoms with van der Waals surface area (Å²) in [6.45, 7) is 2.66.